The minimum Gasteiger partial charge on any atom is -0.390 e. The molecule has 0 saturated carbocycles. The molecule has 0 amide bonds. The number of hydrogen-bond acceptors (Lipinski definition) is 4. The second-order valence-corrected chi connectivity index (χ2v) is 5.93. The first-order valence-corrected chi connectivity index (χ1v) is 6.73. The lowest BCUT2D eigenvalue weighted by Crippen LogP contribution is -2.35. The highest BCUT2D eigenvalue weighted by molar-refractivity contribution is 5.24. The lowest BCUT2D eigenvalue weighted by atomic mass is 10.0. The molecule has 19 heavy (non-hydrogen) atoms. The molecule has 0 aliphatic heterocycles. The highest BCUT2D eigenvalue weighted by atomic mass is 16.3. The SMILES string of the molecule is CC(C)(C)NCc1ccc(C(O)C(O)CCN)cc1. The third-order valence-corrected chi connectivity index (χ3v) is 2.97. The topological polar surface area (TPSA) is 78.5 Å². The smallest absolute Gasteiger partial charge is 0.105 e. The molecule has 5 N–H and O–H groups in total. The lowest BCUT2D eigenvalue weighted by Gasteiger charge is -2.21. The summed E-state index contributed by atoms with van der Waals surface area (Å²) < 4.78 is 0. The van der Waals surface area contributed by atoms with Crippen molar-refractivity contribution in [2.75, 3.05) is 6.54 Å². The maximum Gasteiger partial charge on any atom is 0.105 e. The fourth-order valence-corrected chi connectivity index (χ4v) is 1.75. The molecule has 0 saturated heterocycles. The number of rotatable bonds is 6. The van der Waals surface area contributed by atoms with Gasteiger partial charge in [0, 0.05) is 12.1 Å². The van der Waals surface area contributed by atoms with Crippen molar-refractivity contribution in [2.24, 2.45) is 5.73 Å². The Kier molecular flexibility index (Phi) is 5.94. The van der Waals surface area contributed by atoms with Crippen LogP contribution in [0.2, 0.25) is 0 Å². The van der Waals surface area contributed by atoms with E-state index in [-0.39, 0.29) is 5.54 Å². The van der Waals surface area contributed by atoms with Gasteiger partial charge in [0.1, 0.15) is 6.10 Å². The van der Waals surface area contributed by atoms with Gasteiger partial charge in [-0.05, 0) is 44.9 Å². The van der Waals surface area contributed by atoms with Gasteiger partial charge in [0.05, 0.1) is 6.10 Å². The summed E-state index contributed by atoms with van der Waals surface area (Å²) in [6.45, 7) is 7.51. The lowest BCUT2D eigenvalue weighted by molar-refractivity contribution is 0.0150. The van der Waals surface area contributed by atoms with Crippen LogP contribution in [0.25, 0.3) is 0 Å². The Bertz CT molecular complexity index is 371. The van der Waals surface area contributed by atoms with E-state index in [0.717, 1.165) is 17.7 Å². The number of benzene rings is 1. The summed E-state index contributed by atoms with van der Waals surface area (Å²) in [6, 6.07) is 7.63. The van der Waals surface area contributed by atoms with Crippen molar-refractivity contribution in [1.82, 2.24) is 5.32 Å². The highest BCUT2D eigenvalue weighted by Crippen LogP contribution is 2.19. The quantitative estimate of drug-likeness (QED) is 0.626. The van der Waals surface area contributed by atoms with Crippen LogP contribution in [0.4, 0.5) is 0 Å². The molecule has 4 heteroatoms. The Morgan fingerprint density at radius 3 is 2.21 bits per heavy atom. The van der Waals surface area contributed by atoms with Gasteiger partial charge in [-0.25, -0.2) is 0 Å². The zero-order chi connectivity index (χ0) is 14.5. The molecular weight excluding hydrogens is 240 g/mol. The van der Waals surface area contributed by atoms with Gasteiger partial charge in [0.2, 0.25) is 0 Å². The summed E-state index contributed by atoms with van der Waals surface area (Å²) in [5.74, 6) is 0. The number of nitrogens with two attached hydrogens (primary N) is 1. The molecule has 1 aromatic rings. The molecule has 0 fully saturated rings. The number of nitrogens with one attached hydrogen (secondary N) is 1. The van der Waals surface area contributed by atoms with E-state index < -0.39 is 12.2 Å². The van der Waals surface area contributed by atoms with Crippen molar-refractivity contribution in [1.29, 1.82) is 0 Å². The first-order chi connectivity index (χ1) is 8.83. The van der Waals surface area contributed by atoms with Crippen LogP contribution in [0.3, 0.4) is 0 Å². The predicted molar refractivity (Wildman–Crippen MR) is 77.7 cm³/mol. The fourth-order valence-electron chi connectivity index (χ4n) is 1.75. The van der Waals surface area contributed by atoms with Gasteiger partial charge in [0.15, 0.2) is 0 Å². The first-order valence-electron chi connectivity index (χ1n) is 6.73. The van der Waals surface area contributed by atoms with E-state index in [4.69, 9.17) is 5.73 Å². The molecule has 4 nitrogen and oxygen atoms in total. The van der Waals surface area contributed by atoms with Crippen LogP contribution < -0.4 is 11.1 Å². The summed E-state index contributed by atoms with van der Waals surface area (Å²) in [5.41, 5.74) is 7.32. The standard InChI is InChI=1S/C15H26N2O2/c1-15(2,3)17-10-11-4-6-12(7-5-11)14(19)13(18)8-9-16/h4-7,13-14,17-19H,8-10,16H2,1-3H3. The van der Waals surface area contributed by atoms with Crippen LogP contribution in [0.15, 0.2) is 24.3 Å². The van der Waals surface area contributed by atoms with Crippen LogP contribution in [0.5, 0.6) is 0 Å². The van der Waals surface area contributed by atoms with Crippen molar-refractivity contribution in [3.05, 3.63) is 35.4 Å². The minimum absolute atomic E-state index is 0.0789. The predicted octanol–water partition coefficient (Wildman–Crippen LogP) is 1.32. The normalized spacial score (nSPS) is 15.3. The summed E-state index contributed by atoms with van der Waals surface area (Å²) in [7, 11) is 0. The van der Waals surface area contributed by atoms with Gasteiger partial charge in [0.25, 0.3) is 0 Å². The number of aliphatic hydroxyl groups excluding tert-OH is 2. The Morgan fingerprint density at radius 1 is 1.16 bits per heavy atom. The monoisotopic (exact) mass is 266 g/mol. The van der Waals surface area contributed by atoms with Crippen LogP contribution in [0.1, 0.15) is 44.4 Å². The van der Waals surface area contributed by atoms with E-state index in [1.54, 1.807) is 0 Å². The minimum atomic E-state index is -0.867. The van der Waals surface area contributed by atoms with Crippen molar-refractivity contribution >= 4 is 0 Å². The third kappa shape index (κ3) is 5.70. The van der Waals surface area contributed by atoms with Crippen LogP contribution in [-0.2, 0) is 6.54 Å². The number of aliphatic hydroxyl groups is 2. The average Bonchev–Trinajstić information content (AvgIpc) is 2.35. The maximum atomic E-state index is 9.95. The molecular formula is C15H26N2O2. The second-order valence-electron chi connectivity index (χ2n) is 5.93. The Balaban J connectivity index is 2.60. The molecule has 2 atom stereocenters. The van der Waals surface area contributed by atoms with Gasteiger partial charge < -0.3 is 21.3 Å². The largest absolute Gasteiger partial charge is 0.390 e. The molecule has 0 aliphatic carbocycles. The Hall–Kier alpha value is -0.940. The third-order valence-electron chi connectivity index (χ3n) is 2.97. The van der Waals surface area contributed by atoms with E-state index in [2.05, 4.69) is 26.1 Å². The molecule has 108 valence electrons. The molecule has 2 unspecified atom stereocenters. The van der Waals surface area contributed by atoms with E-state index in [0.29, 0.717) is 13.0 Å². The summed E-state index contributed by atoms with van der Waals surface area (Å²) >= 11 is 0. The van der Waals surface area contributed by atoms with Crippen molar-refractivity contribution in [3.8, 4) is 0 Å². The average molecular weight is 266 g/mol. The molecule has 0 heterocycles. The van der Waals surface area contributed by atoms with E-state index >= 15 is 0 Å². The molecule has 0 radical (unpaired) electrons. The van der Waals surface area contributed by atoms with Crippen molar-refractivity contribution in [2.45, 2.75) is 51.5 Å². The Labute approximate surface area is 115 Å². The van der Waals surface area contributed by atoms with Crippen molar-refractivity contribution < 1.29 is 10.2 Å². The molecule has 0 aromatic heterocycles. The van der Waals surface area contributed by atoms with Crippen molar-refractivity contribution in [3.63, 3.8) is 0 Å². The summed E-state index contributed by atoms with van der Waals surface area (Å²) in [6.07, 6.45) is -1.27. The Morgan fingerprint density at radius 2 is 1.74 bits per heavy atom. The van der Waals surface area contributed by atoms with Gasteiger partial charge >= 0.3 is 0 Å². The van der Waals surface area contributed by atoms with Crippen LogP contribution >= 0.6 is 0 Å². The summed E-state index contributed by atoms with van der Waals surface area (Å²) in [4.78, 5) is 0. The fraction of sp³-hybridized carbons (Fsp3) is 0.600. The van der Waals surface area contributed by atoms with Crippen LogP contribution in [0, 0.1) is 0 Å². The highest BCUT2D eigenvalue weighted by Gasteiger charge is 2.17. The number of hydrogen-bond donors (Lipinski definition) is 4. The van der Waals surface area contributed by atoms with Gasteiger partial charge in [-0.2, -0.15) is 0 Å². The van der Waals surface area contributed by atoms with Gasteiger partial charge in [-0.3, -0.25) is 0 Å². The molecule has 1 aromatic carbocycles. The van der Waals surface area contributed by atoms with E-state index in [1.807, 2.05) is 24.3 Å². The molecule has 0 spiro atoms. The van der Waals surface area contributed by atoms with E-state index in [9.17, 15) is 10.2 Å². The summed E-state index contributed by atoms with van der Waals surface area (Å²) in [5, 5.41) is 23.1. The van der Waals surface area contributed by atoms with Gasteiger partial charge in [-0.15, -0.1) is 0 Å². The molecule has 1 rings (SSSR count). The van der Waals surface area contributed by atoms with E-state index in [1.165, 1.54) is 0 Å². The second kappa shape index (κ2) is 7.01. The van der Waals surface area contributed by atoms with Crippen LogP contribution in [-0.4, -0.2) is 28.4 Å². The van der Waals surface area contributed by atoms with Gasteiger partial charge in [-0.1, -0.05) is 24.3 Å². The molecule has 0 aliphatic rings. The molecule has 0 bridgehead atoms. The first kappa shape index (κ1) is 16.1. The maximum absolute atomic E-state index is 9.95. The zero-order valence-electron chi connectivity index (χ0n) is 12.1. The zero-order valence-corrected chi connectivity index (χ0v) is 12.1.